The van der Waals surface area contributed by atoms with E-state index in [4.69, 9.17) is 0 Å². The predicted molar refractivity (Wildman–Crippen MR) is 73.0 cm³/mol. The molecule has 0 saturated carbocycles. The smallest absolute Gasteiger partial charge is 0.270 e. The maximum absolute atomic E-state index is 13.5. The number of carbonyl (C=O) groups excluding carboxylic acids is 1. The second-order valence-corrected chi connectivity index (χ2v) is 6.08. The largest absolute Gasteiger partial charge is 0.351 e. The summed E-state index contributed by atoms with van der Waals surface area (Å²) in [6, 6.07) is 2.89. The number of rotatable bonds is 5. The average molecular weight is 286 g/mol. The third-order valence-corrected chi connectivity index (χ3v) is 3.88. The van der Waals surface area contributed by atoms with Crippen molar-refractivity contribution in [1.82, 2.24) is 5.32 Å². The SMILES string of the molecule is CSC(C)(C)CNC(=O)c1cc([N+](=O)[O-])ccc1F. The number of nitro benzene ring substituents is 1. The Morgan fingerprint density at radius 2 is 2.16 bits per heavy atom. The third-order valence-electron chi connectivity index (χ3n) is 2.63. The molecule has 1 aromatic rings. The van der Waals surface area contributed by atoms with Crippen molar-refractivity contribution in [2.24, 2.45) is 0 Å². The van der Waals surface area contributed by atoms with Crippen LogP contribution < -0.4 is 5.32 Å². The topological polar surface area (TPSA) is 72.2 Å². The van der Waals surface area contributed by atoms with Crippen LogP contribution in [0.1, 0.15) is 24.2 Å². The van der Waals surface area contributed by atoms with Gasteiger partial charge in [-0.15, -0.1) is 0 Å². The van der Waals surface area contributed by atoms with E-state index in [0.717, 1.165) is 18.2 Å². The Hall–Kier alpha value is -1.63. The van der Waals surface area contributed by atoms with Gasteiger partial charge in [0.1, 0.15) is 5.82 Å². The zero-order valence-electron chi connectivity index (χ0n) is 10.9. The predicted octanol–water partition coefficient (Wildman–Crippen LogP) is 2.61. The lowest BCUT2D eigenvalue weighted by Crippen LogP contribution is -2.36. The summed E-state index contributed by atoms with van der Waals surface area (Å²) in [5.74, 6) is -1.42. The summed E-state index contributed by atoms with van der Waals surface area (Å²) in [5.41, 5.74) is -0.623. The van der Waals surface area contributed by atoms with Gasteiger partial charge in [0.2, 0.25) is 0 Å². The normalized spacial score (nSPS) is 11.2. The molecule has 0 aliphatic heterocycles. The van der Waals surface area contributed by atoms with Crippen LogP contribution in [-0.4, -0.2) is 28.4 Å². The summed E-state index contributed by atoms with van der Waals surface area (Å²) in [6.07, 6.45) is 1.90. The molecule has 1 aromatic carbocycles. The number of nitrogens with zero attached hydrogens (tertiary/aromatic N) is 1. The van der Waals surface area contributed by atoms with Gasteiger partial charge in [-0.3, -0.25) is 14.9 Å². The Morgan fingerprint density at radius 3 is 2.68 bits per heavy atom. The number of hydrogen-bond acceptors (Lipinski definition) is 4. The number of nitro groups is 1. The molecule has 19 heavy (non-hydrogen) atoms. The molecular formula is C12H15FN2O3S. The van der Waals surface area contributed by atoms with Gasteiger partial charge in [0.05, 0.1) is 10.5 Å². The summed E-state index contributed by atoms with van der Waals surface area (Å²) in [6.45, 7) is 4.21. The van der Waals surface area contributed by atoms with E-state index in [1.165, 1.54) is 0 Å². The van der Waals surface area contributed by atoms with Crippen LogP contribution in [0.4, 0.5) is 10.1 Å². The number of thioether (sulfide) groups is 1. The molecule has 5 nitrogen and oxygen atoms in total. The van der Waals surface area contributed by atoms with Crippen molar-refractivity contribution < 1.29 is 14.1 Å². The molecule has 0 atom stereocenters. The van der Waals surface area contributed by atoms with Gasteiger partial charge in [0, 0.05) is 23.4 Å². The molecule has 0 heterocycles. The number of halogens is 1. The van der Waals surface area contributed by atoms with Crippen molar-refractivity contribution in [3.05, 3.63) is 39.7 Å². The van der Waals surface area contributed by atoms with E-state index in [1.807, 2.05) is 20.1 Å². The van der Waals surface area contributed by atoms with E-state index in [-0.39, 0.29) is 16.0 Å². The zero-order valence-corrected chi connectivity index (χ0v) is 11.7. The van der Waals surface area contributed by atoms with Crippen molar-refractivity contribution in [2.75, 3.05) is 12.8 Å². The highest BCUT2D eigenvalue weighted by atomic mass is 32.2. The number of amides is 1. The molecule has 0 fully saturated rings. The number of nitrogens with one attached hydrogen (secondary N) is 1. The third kappa shape index (κ3) is 4.20. The summed E-state index contributed by atoms with van der Waals surface area (Å²) in [4.78, 5) is 21.8. The molecule has 0 aliphatic rings. The van der Waals surface area contributed by atoms with E-state index in [0.29, 0.717) is 6.54 Å². The first-order chi connectivity index (χ1) is 8.76. The number of hydrogen-bond donors (Lipinski definition) is 1. The van der Waals surface area contributed by atoms with Gasteiger partial charge in [0.15, 0.2) is 0 Å². The highest BCUT2D eigenvalue weighted by molar-refractivity contribution is 7.99. The fourth-order valence-corrected chi connectivity index (χ4v) is 1.48. The van der Waals surface area contributed by atoms with Gasteiger partial charge in [-0.25, -0.2) is 4.39 Å². The van der Waals surface area contributed by atoms with E-state index < -0.39 is 16.6 Å². The molecule has 0 spiro atoms. The minimum absolute atomic E-state index is 0.188. The highest BCUT2D eigenvalue weighted by Crippen LogP contribution is 2.20. The maximum Gasteiger partial charge on any atom is 0.270 e. The zero-order chi connectivity index (χ0) is 14.6. The van der Waals surface area contributed by atoms with Gasteiger partial charge in [-0.1, -0.05) is 0 Å². The van der Waals surface area contributed by atoms with Crippen molar-refractivity contribution in [3.8, 4) is 0 Å². The fraction of sp³-hybridized carbons (Fsp3) is 0.417. The van der Waals surface area contributed by atoms with E-state index in [1.54, 1.807) is 11.8 Å². The lowest BCUT2D eigenvalue weighted by Gasteiger charge is -2.22. The van der Waals surface area contributed by atoms with Gasteiger partial charge in [-0.2, -0.15) is 11.8 Å². The molecular weight excluding hydrogens is 271 g/mol. The molecule has 0 saturated heterocycles. The first-order valence-electron chi connectivity index (χ1n) is 5.54. The fourth-order valence-electron chi connectivity index (χ4n) is 1.26. The first-order valence-corrected chi connectivity index (χ1v) is 6.76. The van der Waals surface area contributed by atoms with Crippen LogP contribution >= 0.6 is 11.8 Å². The molecule has 104 valence electrons. The van der Waals surface area contributed by atoms with Crippen molar-refractivity contribution in [3.63, 3.8) is 0 Å². The maximum atomic E-state index is 13.5. The van der Waals surface area contributed by atoms with Crippen LogP contribution in [0.15, 0.2) is 18.2 Å². The molecule has 0 aliphatic carbocycles. The van der Waals surface area contributed by atoms with Crippen LogP contribution in [-0.2, 0) is 0 Å². The van der Waals surface area contributed by atoms with Gasteiger partial charge in [-0.05, 0) is 26.2 Å². The number of benzene rings is 1. The number of non-ortho nitro benzene ring substituents is 1. The van der Waals surface area contributed by atoms with Crippen molar-refractivity contribution in [1.29, 1.82) is 0 Å². The van der Waals surface area contributed by atoms with Gasteiger partial charge < -0.3 is 5.32 Å². The van der Waals surface area contributed by atoms with Crippen LogP contribution in [0, 0.1) is 15.9 Å². The Morgan fingerprint density at radius 1 is 1.53 bits per heavy atom. The van der Waals surface area contributed by atoms with Gasteiger partial charge in [0.25, 0.3) is 11.6 Å². The molecule has 0 bridgehead atoms. The molecule has 0 radical (unpaired) electrons. The van der Waals surface area contributed by atoms with Crippen LogP contribution in [0.2, 0.25) is 0 Å². The Labute approximate surface area is 114 Å². The van der Waals surface area contributed by atoms with Crippen molar-refractivity contribution in [2.45, 2.75) is 18.6 Å². The minimum atomic E-state index is -0.773. The van der Waals surface area contributed by atoms with E-state index in [9.17, 15) is 19.3 Å². The highest BCUT2D eigenvalue weighted by Gasteiger charge is 2.20. The molecule has 0 unspecified atom stereocenters. The molecule has 7 heteroatoms. The lowest BCUT2D eigenvalue weighted by atomic mass is 10.1. The molecule has 0 aromatic heterocycles. The molecule has 1 N–H and O–H groups in total. The summed E-state index contributed by atoms with van der Waals surface area (Å²) < 4.78 is 13.3. The average Bonchev–Trinajstić information content (AvgIpc) is 2.36. The van der Waals surface area contributed by atoms with Gasteiger partial charge >= 0.3 is 0 Å². The Balaban J connectivity index is 2.88. The van der Waals surface area contributed by atoms with E-state index in [2.05, 4.69) is 5.32 Å². The van der Waals surface area contributed by atoms with Crippen molar-refractivity contribution >= 4 is 23.4 Å². The monoisotopic (exact) mass is 286 g/mol. The Bertz CT molecular complexity index is 506. The lowest BCUT2D eigenvalue weighted by molar-refractivity contribution is -0.384. The summed E-state index contributed by atoms with van der Waals surface area (Å²) in [7, 11) is 0. The van der Waals surface area contributed by atoms with Crippen LogP contribution in [0.5, 0.6) is 0 Å². The second kappa shape index (κ2) is 6.01. The summed E-state index contributed by atoms with van der Waals surface area (Å²) in [5, 5.41) is 13.2. The molecule has 1 rings (SSSR count). The quantitative estimate of drug-likeness (QED) is 0.667. The molecule has 1 amide bonds. The first kappa shape index (κ1) is 15.4. The van der Waals surface area contributed by atoms with Crippen LogP contribution in [0.3, 0.4) is 0 Å². The minimum Gasteiger partial charge on any atom is -0.351 e. The Kier molecular flexibility index (Phi) is 4.88. The number of carbonyl (C=O) groups is 1. The standard InChI is InChI=1S/C12H15FN2O3S/c1-12(2,19-3)7-14-11(16)9-6-8(15(17)18)4-5-10(9)13/h4-6H,7H2,1-3H3,(H,14,16). The summed E-state index contributed by atoms with van der Waals surface area (Å²) >= 11 is 1.56. The van der Waals surface area contributed by atoms with E-state index >= 15 is 0 Å². The van der Waals surface area contributed by atoms with Crippen LogP contribution in [0.25, 0.3) is 0 Å². The second-order valence-electron chi connectivity index (χ2n) is 4.57.